The van der Waals surface area contributed by atoms with E-state index in [0.717, 1.165) is 10.0 Å². The Kier molecular flexibility index (Phi) is 5.34. The highest BCUT2D eigenvalue weighted by molar-refractivity contribution is 9.10. The Balaban J connectivity index is 2.65. The number of carbonyl (C=O) groups is 2. The van der Waals surface area contributed by atoms with Crippen molar-refractivity contribution in [3.63, 3.8) is 0 Å². The zero-order chi connectivity index (χ0) is 13.7. The number of halogens is 1. The molecule has 0 radical (unpaired) electrons. The predicted octanol–water partition coefficient (Wildman–Crippen LogP) is 2.52. The summed E-state index contributed by atoms with van der Waals surface area (Å²) in [5.41, 5.74) is 0.996. The number of amides is 1. The first kappa shape index (κ1) is 14.7. The summed E-state index contributed by atoms with van der Waals surface area (Å²) in [5, 5.41) is 8.67. The van der Waals surface area contributed by atoms with Gasteiger partial charge in [-0.15, -0.1) is 0 Å². The Morgan fingerprint density at radius 2 is 2.00 bits per heavy atom. The van der Waals surface area contributed by atoms with Gasteiger partial charge in [0, 0.05) is 24.0 Å². The maximum Gasteiger partial charge on any atom is 0.304 e. The molecule has 0 heterocycles. The smallest absolute Gasteiger partial charge is 0.304 e. The molecule has 5 heteroatoms. The summed E-state index contributed by atoms with van der Waals surface area (Å²) in [7, 11) is 1.68. The second kappa shape index (κ2) is 6.54. The molecule has 4 nitrogen and oxygen atoms in total. The van der Waals surface area contributed by atoms with Gasteiger partial charge in [0.25, 0.3) is 0 Å². The van der Waals surface area contributed by atoms with Gasteiger partial charge in [-0.25, -0.2) is 0 Å². The molecule has 0 aliphatic carbocycles. The van der Waals surface area contributed by atoms with Crippen LogP contribution in [0.2, 0.25) is 0 Å². The quantitative estimate of drug-likeness (QED) is 0.908. The van der Waals surface area contributed by atoms with E-state index in [4.69, 9.17) is 5.11 Å². The van der Waals surface area contributed by atoms with Crippen molar-refractivity contribution in [2.75, 3.05) is 7.05 Å². The van der Waals surface area contributed by atoms with Gasteiger partial charge < -0.3 is 10.0 Å². The average molecular weight is 314 g/mol. The predicted molar refractivity (Wildman–Crippen MR) is 72.0 cm³/mol. The highest BCUT2D eigenvalue weighted by Gasteiger charge is 2.20. The van der Waals surface area contributed by atoms with Crippen molar-refractivity contribution in [3.8, 4) is 0 Å². The second-order valence-corrected chi connectivity index (χ2v) is 5.14. The molecule has 1 N–H and O–H groups in total. The monoisotopic (exact) mass is 313 g/mol. The zero-order valence-electron chi connectivity index (χ0n) is 10.4. The maximum atomic E-state index is 11.9. The summed E-state index contributed by atoms with van der Waals surface area (Å²) in [6, 6.07) is 7.64. The third-order valence-corrected chi connectivity index (χ3v) is 3.42. The van der Waals surface area contributed by atoms with E-state index in [0.29, 0.717) is 6.54 Å². The van der Waals surface area contributed by atoms with Crippen molar-refractivity contribution in [3.05, 3.63) is 34.3 Å². The minimum absolute atomic E-state index is 0.140. The fourth-order valence-electron chi connectivity index (χ4n) is 1.69. The van der Waals surface area contributed by atoms with Crippen molar-refractivity contribution in [2.24, 2.45) is 5.92 Å². The minimum atomic E-state index is -0.954. The molecule has 1 atom stereocenters. The Hall–Kier alpha value is -1.36. The summed E-state index contributed by atoms with van der Waals surface area (Å²) in [5.74, 6) is -1.62. The first-order chi connectivity index (χ1) is 8.41. The largest absolute Gasteiger partial charge is 0.481 e. The highest BCUT2D eigenvalue weighted by Crippen LogP contribution is 2.18. The normalized spacial score (nSPS) is 11.9. The van der Waals surface area contributed by atoms with Crippen LogP contribution in [-0.2, 0) is 16.1 Å². The van der Waals surface area contributed by atoms with E-state index >= 15 is 0 Å². The lowest BCUT2D eigenvalue weighted by Crippen LogP contribution is -2.32. The molecule has 1 rings (SSSR count). The molecule has 1 unspecified atom stereocenters. The molecule has 98 valence electrons. The lowest BCUT2D eigenvalue weighted by molar-refractivity contribution is -0.143. The van der Waals surface area contributed by atoms with Crippen LogP contribution in [0, 0.1) is 5.92 Å². The number of rotatable bonds is 5. The van der Waals surface area contributed by atoms with Crippen LogP contribution < -0.4 is 0 Å². The fraction of sp³-hybridized carbons (Fsp3) is 0.385. The van der Waals surface area contributed by atoms with Gasteiger partial charge in [-0.3, -0.25) is 9.59 Å². The molecule has 0 aromatic heterocycles. The van der Waals surface area contributed by atoms with Gasteiger partial charge in [0.15, 0.2) is 0 Å². The van der Waals surface area contributed by atoms with Crippen LogP contribution >= 0.6 is 15.9 Å². The lowest BCUT2D eigenvalue weighted by Gasteiger charge is -2.21. The van der Waals surface area contributed by atoms with E-state index in [1.807, 2.05) is 24.3 Å². The summed E-state index contributed by atoms with van der Waals surface area (Å²) in [4.78, 5) is 24.1. The number of carboxylic acid groups (broad SMARTS) is 1. The van der Waals surface area contributed by atoms with Gasteiger partial charge in [0.1, 0.15) is 0 Å². The number of benzene rings is 1. The average Bonchev–Trinajstić information content (AvgIpc) is 2.30. The van der Waals surface area contributed by atoms with Gasteiger partial charge in [-0.2, -0.15) is 0 Å². The van der Waals surface area contributed by atoms with Crippen LogP contribution in [0.25, 0.3) is 0 Å². The first-order valence-corrected chi connectivity index (χ1v) is 6.41. The Morgan fingerprint density at radius 1 is 1.39 bits per heavy atom. The third-order valence-electron chi connectivity index (χ3n) is 2.64. The van der Waals surface area contributed by atoms with Gasteiger partial charge in [0.05, 0.1) is 6.42 Å². The highest BCUT2D eigenvalue weighted by atomic mass is 79.9. The number of nitrogens with zero attached hydrogens (tertiary/aromatic N) is 1. The zero-order valence-corrected chi connectivity index (χ0v) is 12.0. The first-order valence-electron chi connectivity index (χ1n) is 5.62. The summed E-state index contributed by atoms with van der Waals surface area (Å²) in [6.45, 7) is 2.09. The molecule has 0 bridgehead atoms. The maximum absolute atomic E-state index is 11.9. The molecule has 0 aliphatic rings. The van der Waals surface area contributed by atoms with Crippen molar-refractivity contribution in [1.82, 2.24) is 4.90 Å². The number of hydrogen-bond donors (Lipinski definition) is 1. The van der Waals surface area contributed by atoms with Gasteiger partial charge in [0.2, 0.25) is 5.91 Å². The molecule has 0 aliphatic heterocycles. The van der Waals surface area contributed by atoms with Crippen LogP contribution in [0.4, 0.5) is 0 Å². The second-order valence-electron chi connectivity index (χ2n) is 4.28. The molecule has 1 aromatic rings. The summed E-state index contributed by atoms with van der Waals surface area (Å²) in [6.07, 6.45) is -0.140. The third kappa shape index (κ3) is 4.14. The van der Waals surface area contributed by atoms with Crippen LogP contribution in [0.5, 0.6) is 0 Å². The topological polar surface area (TPSA) is 57.6 Å². The standard InChI is InChI=1S/C13H16BrNO3/c1-9(7-12(16)17)13(18)15(2)8-10-5-3-4-6-11(10)14/h3-6,9H,7-8H2,1-2H3,(H,16,17). The Morgan fingerprint density at radius 3 is 2.56 bits per heavy atom. The number of carbonyl (C=O) groups excluding carboxylic acids is 1. The van der Waals surface area contributed by atoms with Gasteiger partial charge in [-0.1, -0.05) is 41.1 Å². The van der Waals surface area contributed by atoms with Crippen LogP contribution in [0.3, 0.4) is 0 Å². The lowest BCUT2D eigenvalue weighted by atomic mass is 10.1. The van der Waals surface area contributed by atoms with Gasteiger partial charge in [-0.05, 0) is 11.6 Å². The Bertz CT molecular complexity index is 448. The fourth-order valence-corrected chi connectivity index (χ4v) is 2.10. The van der Waals surface area contributed by atoms with E-state index in [2.05, 4.69) is 15.9 Å². The summed E-state index contributed by atoms with van der Waals surface area (Å²) < 4.78 is 0.940. The number of hydrogen-bond acceptors (Lipinski definition) is 2. The molecular formula is C13H16BrNO3. The van der Waals surface area contributed by atoms with E-state index in [1.165, 1.54) is 0 Å². The van der Waals surface area contributed by atoms with Crippen LogP contribution in [-0.4, -0.2) is 28.9 Å². The summed E-state index contributed by atoms with van der Waals surface area (Å²) >= 11 is 3.42. The molecule has 0 saturated heterocycles. The molecule has 18 heavy (non-hydrogen) atoms. The molecular weight excluding hydrogens is 298 g/mol. The van der Waals surface area contributed by atoms with Crippen molar-refractivity contribution < 1.29 is 14.7 Å². The van der Waals surface area contributed by atoms with Crippen molar-refractivity contribution >= 4 is 27.8 Å². The van der Waals surface area contributed by atoms with Crippen LogP contribution in [0.1, 0.15) is 18.9 Å². The van der Waals surface area contributed by atoms with Crippen molar-refractivity contribution in [2.45, 2.75) is 19.9 Å². The molecule has 0 spiro atoms. The SMILES string of the molecule is CC(CC(=O)O)C(=O)N(C)Cc1ccccc1Br. The van der Waals surface area contributed by atoms with E-state index in [1.54, 1.807) is 18.9 Å². The molecule has 0 fully saturated rings. The van der Waals surface area contributed by atoms with Crippen LogP contribution in [0.15, 0.2) is 28.7 Å². The molecule has 1 aromatic carbocycles. The van der Waals surface area contributed by atoms with E-state index < -0.39 is 11.9 Å². The van der Waals surface area contributed by atoms with E-state index in [9.17, 15) is 9.59 Å². The molecule has 1 amide bonds. The number of aliphatic carboxylic acids is 1. The van der Waals surface area contributed by atoms with Gasteiger partial charge >= 0.3 is 5.97 Å². The number of carboxylic acids is 1. The minimum Gasteiger partial charge on any atom is -0.481 e. The van der Waals surface area contributed by atoms with Crippen molar-refractivity contribution in [1.29, 1.82) is 0 Å². The molecule has 0 saturated carbocycles. The Labute approximate surface area is 115 Å². The van der Waals surface area contributed by atoms with E-state index in [-0.39, 0.29) is 12.3 Å².